The monoisotopic (exact) mass is 531 g/mol. The largest absolute Gasteiger partial charge is 0.367 e. The fourth-order valence-corrected chi connectivity index (χ4v) is 5.77. The number of nitrogens with one attached hydrogen (secondary N) is 5. The summed E-state index contributed by atoms with van der Waals surface area (Å²) in [6.45, 7) is 3.86. The highest BCUT2D eigenvalue weighted by atomic mass is 35.5. The molecular weight excluding hydrogens is 502 g/mol. The quantitative estimate of drug-likeness (QED) is 0.200. The number of amides is 2. The number of urea groups is 1. The Morgan fingerprint density at radius 1 is 1.19 bits per heavy atom. The lowest BCUT2D eigenvalue weighted by Crippen LogP contribution is -2.44. The number of nitrogens with zero attached hydrogens (tertiary/aromatic N) is 2. The Morgan fingerprint density at radius 2 is 1.97 bits per heavy atom. The fraction of sp³-hybridized carbons (Fsp3) is 0.375. The highest BCUT2D eigenvalue weighted by molar-refractivity contribution is 7.89. The Labute approximate surface area is 215 Å². The van der Waals surface area contributed by atoms with Gasteiger partial charge in [0.15, 0.2) is 0 Å². The predicted octanol–water partition coefficient (Wildman–Crippen LogP) is 3.41. The lowest BCUT2D eigenvalue weighted by molar-refractivity contribution is 0.242. The Balaban J connectivity index is 1.29. The van der Waals surface area contributed by atoms with E-state index in [-0.39, 0.29) is 24.4 Å². The van der Waals surface area contributed by atoms with Crippen LogP contribution in [0.4, 0.5) is 10.6 Å². The SMILES string of the molecule is C=CCNC(=O)NCCS(=O)(=O)N[C@H]1CC[C@H](Nc2cc(-c3c[nH]c4ncccc34)cc(Cl)n2)CC1. The molecule has 0 atom stereocenters. The molecule has 0 aliphatic heterocycles. The lowest BCUT2D eigenvalue weighted by atomic mass is 9.92. The van der Waals surface area contributed by atoms with Gasteiger partial charge in [0.1, 0.15) is 16.6 Å². The number of rotatable bonds is 10. The molecule has 0 bridgehead atoms. The average molecular weight is 532 g/mol. The molecule has 1 saturated carbocycles. The summed E-state index contributed by atoms with van der Waals surface area (Å²) < 4.78 is 27.6. The van der Waals surface area contributed by atoms with Crippen molar-refractivity contribution in [3.05, 3.63) is 54.5 Å². The molecule has 10 nitrogen and oxygen atoms in total. The molecule has 0 unspecified atom stereocenters. The molecule has 2 amide bonds. The van der Waals surface area contributed by atoms with E-state index in [0.717, 1.165) is 35.0 Å². The zero-order valence-corrected chi connectivity index (χ0v) is 21.3. The number of hydrogen-bond acceptors (Lipinski definition) is 6. The standard InChI is InChI=1S/C24H30ClN7O3S/c1-2-9-27-24(33)28-11-12-36(34,35)32-18-7-5-17(6-8-18)30-22-14-16(13-21(25)31-22)20-15-29-23-19(20)4-3-10-26-23/h2-4,10,13-15,17-18,32H,1,5-9,11-12H2,(H,26,29)(H,30,31)(H2,27,28,33)/t17-,18-. The highest BCUT2D eigenvalue weighted by Crippen LogP contribution is 2.31. The summed E-state index contributed by atoms with van der Waals surface area (Å²) in [4.78, 5) is 23.5. The van der Waals surface area contributed by atoms with Crippen molar-refractivity contribution in [3.8, 4) is 11.1 Å². The van der Waals surface area contributed by atoms with Gasteiger partial charge in [-0.25, -0.2) is 27.9 Å². The van der Waals surface area contributed by atoms with Crippen molar-refractivity contribution >= 4 is 44.5 Å². The van der Waals surface area contributed by atoms with E-state index in [0.29, 0.717) is 30.4 Å². The van der Waals surface area contributed by atoms with Crippen molar-refractivity contribution in [1.29, 1.82) is 0 Å². The summed E-state index contributed by atoms with van der Waals surface area (Å²) in [6, 6.07) is 7.29. The van der Waals surface area contributed by atoms with Crippen LogP contribution in [0, 0.1) is 0 Å². The molecule has 1 fully saturated rings. The number of fused-ring (bicyclic) bond motifs is 1. The first-order valence-corrected chi connectivity index (χ1v) is 13.8. The molecule has 0 aromatic carbocycles. The number of sulfonamides is 1. The number of carbonyl (C=O) groups is 1. The topological polar surface area (TPSA) is 141 Å². The molecule has 12 heteroatoms. The van der Waals surface area contributed by atoms with Crippen molar-refractivity contribution in [2.24, 2.45) is 0 Å². The predicted molar refractivity (Wildman–Crippen MR) is 143 cm³/mol. The third-order valence-electron chi connectivity index (χ3n) is 6.04. The first kappa shape index (κ1) is 25.9. The highest BCUT2D eigenvalue weighted by Gasteiger charge is 2.25. The van der Waals surface area contributed by atoms with Gasteiger partial charge in [-0.2, -0.15) is 0 Å². The second kappa shape index (κ2) is 11.7. The summed E-state index contributed by atoms with van der Waals surface area (Å²) in [6.07, 6.45) is 8.18. The van der Waals surface area contributed by atoms with E-state index in [9.17, 15) is 13.2 Å². The molecule has 36 heavy (non-hydrogen) atoms. The van der Waals surface area contributed by atoms with Crippen LogP contribution in [0.1, 0.15) is 25.7 Å². The minimum atomic E-state index is -3.50. The molecular formula is C24H30ClN7O3S. The van der Waals surface area contributed by atoms with Gasteiger partial charge in [0.05, 0.1) is 5.75 Å². The fourth-order valence-electron chi connectivity index (χ4n) is 4.33. The average Bonchev–Trinajstić information content (AvgIpc) is 3.28. The molecule has 0 saturated heterocycles. The smallest absolute Gasteiger partial charge is 0.315 e. The van der Waals surface area contributed by atoms with Crippen LogP contribution in [-0.4, -0.2) is 60.3 Å². The lowest BCUT2D eigenvalue weighted by Gasteiger charge is -2.30. The molecule has 1 aliphatic rings. The van der Waals surface area contributed by atoms with E-state index in [1.165, 1.54) is 0 Å². The van der Waals surface area contributed by atoms with Crippen LogP contribution in [-0.2, 0) is 10.0 Å². The van der Waals surface area contributed by atoms with Crippen LogP contribution in [0.2, 0.25) is 5.15 Å². The molecule has 3 aromatic heterocycles. The number of H-pyrrole nitrogens is 1. The Morgan fingerprint density at radius 3 is 2.75 bits per heavy atom. The van der Waals surface area contributed by atoms with Crippen molar-refractivity contribution in [2.75, 3.05) is 24.2 Å². The van der Waals surface area contributed by atoms with Crippen LogP contribution < -0.4 is 20.7 Å². The van der Waals surface area contributed by atoms with E-state index in [4.69, 9.17) is 11.6 Å². The van der Waals surface area contributed by atoms with Gasteiger partial charge in [-0.05, 0) is 55.5 Å². The van der Waals surface area contributed by atoms with Crippen molar-refractivity contribution in [3.63, 3.8) is 0 Å². The van der Waals surface area contributed by atoms with E-state index in [1.807, 2.05) is 30.5 Å². The van der Waals surface area contributed by atoms with Gasteiger partial charge in [-0.1, -0.05) is 17.7 Å². The third-order valence-corrected chi connectivity index (χ3v) is 7.67. The van der Waals surface area contributed by atoms with Crippen LogP contribution in [0.5, 0.6) is 0 Å². The van der Waals surface area contributed by atoms with Crippen molar-refractivity contribution in [2.45, 2.75) is 37.8 Å². The first-order valence-electron chi connectivity index (χ1n) is 11.8. The van der Waals surface area contributed by atoms with E-state index < -0.39 is 16.1 Å². The van der Waals surface area contributed by atoms with E-state index >= 15 is 0 Å². The van der Waals surface area contributed by atoms with Gasteiger partial charge in [0, 0.05) is 48.5 Å². The van der Waals surface area contributed by atoms with Gasteiger partial charge in [-0.3, -0.25) is 0 Å². The van der Waals surface area contributed by atoms with Crippen molar-refractivity contribution in [1.82, 2.24) is 30.3 Å². The Kier molecular flexibility index (Phi) is 8.44. The maximum Gasteiger partial charge on any atom is 0.315 e. The molecule has 5 N–H and O–H groups in total. The van der Waals surface area contributed by atoms with Gasteiger partial charge < -0.3 is 20.9 Å². The summed E-state index contributed by atoms with van der Waals surface area (Å²) in [5.74, 6) is 0.506. The van der Waals surface area contributed by atoms with Gasteiger partial charge in [0.25, 0.3) is 0 Å². The number of anilines is 1. The van der Waals surface area contributed by atoms with Crippen LogP contribution in [0.3, 0.4) is 0 Å². The van der Waals surface area contributed by atoms with Crippen molar-refractivity contribution < 1.29 is 13.2 Å². The number of aromatic amines is 1. The minimum absolute atomic E-state index is 0.0322. The number of halogens is 1. The Bertz CT molecular complexity index is 1320. The summed E-state index contributed by atoms with van der Waals surface area (Å²) in [5, 5.41) is 9.92. The molecule has 0 spiro atoms. The normalized spacial score (nSPS) is 18.0. The molecule has 4 rings (SSSR count). The summed E-state index contributed by atoms with van der Waals surface area (Å²) in [5.41, 5.74) is 2.74. The third kappa shape index (κ3) is 6.96. The second-order valence-corrected chi connectivity index (χ2v) is 11.0. The molecule has 0 radical (unpaired) electrons. The zero-order valence-electron chi connectivity index (χ0n) is 19.8. The van der Waals surface area contributed by atoms with Crippen LogP contribution in [0.15, 0.2) is 49.3 Å². The van der Waals surface area contributed by atoms with Gasteiger partial charge in [0.2, 0.25) is 10.0 Å². The zero-order chi connectivity index (χ0) is 25.5. The van der Waals surface area contributed by atoms with E-state index in [2.05, 4.69) is 42.2 Å². The molecule has 1 aliphatic carbocycles. The maximum atomic E-state index is 12.4. The van der Waals surface area contributed by atoms with Crippen LogP contribution >= 0.6 is 11.6 Å². The maximum absolute atomic E-state index is 12.4. The Hall–Kier alpha value is -3.15. The number of pyridine rings is 2. The number of carbonyl (C=O) groups excluding carboxylic acids is 1. The minimum Gasteiger partial charge on any atom is -0.367 e. The van der Waals surface area contributed by atoms with Gasteiger partial charge >= 0.3 is 6.03 Å². The second-order valence-electron chi connectivity index (χ2n) is 8.72. The van der Waals surface area contributed by atoms with Crippen LogP contribution in [0.25, 0.3) is 22.2 Å². The number of hydrogen-bond donors (Lipinski definition) is 5. The summed E-state index contributed by atoms with van der Waals surface area (Å²) in [7, 11) is -3.50. The molecule has 3 heterocycles. The number of aromatic nitrogens is 3. The van der Waals surface area contributed by atoms with Gasteiger partial charge in [-0.15, -0.1) is 6.58 Å². The summed E-state index contributed by atoms with van der Waals surface area (Å²) >= 11 is 6.33. The molecule has 192 valence electrons. The first-order chi connectivity index (χ1) is 17.3. The molecule has 3 aromatic rings. The van der Waals surface area contributed by atoms with E-state index in [1.54, 1.807) is 12.3 Å².